The number of amides is 1. The van der Waals surface area contributed by atoms with Crippen molar-refractivity contribution in [1.82, 2.24) is 5.32 Å². The van der Waals surface area contributed by atoms with Gasteiger partial charge in [0, 0.05) is 5.56 Å². The first-order valence-electron chi connectivity index (χ1n) is 5.35. The number of benzene rings is 1. The number of halogens is 2. The highest BCUT2D eigenvalue weighted by atomic mass is 19.3. The number of aryl methyl sites for hydroxylation is 1. The lowest BCUT2D eigenvalue weighted by atomic mass is 10.0. The van der Waals surface area contributed by atoms with Crippen molar-refractivity contribution in [2.24, 2.45) is 0 Å². The molecule has 0 spiro atoms. The molecule has 0 radical (unpaired) electrons. The molecule has 0 unspecified atom stereocenters. The predicted octanol–water partition coefficient (Wildman–Crippen LogP) is 1.61. The molecular weight excluding hydrogens is 228 g/mol. The molecule has 0 aromatic heterocycles. The Morgan fingerprint density at radius 3 is 2.65 bits per heavy atom. The molecule has 0 aliphatic rings. The minimum absolute atomic E-state index is 0.392. The molecule has 0 heterocycles. The predicted molar refractivity (Wildman–Crippen MR) is 60.2 cm³/mol. The zero-order valence-corrected chi connectivity index (χ0v) is 9.54. The Morgan fingerprint density at radius 2 is 2.06 bits per heavy atom. The van der Waals surface area contributed by atoms with Gasteiger partial charge in [0.05, 0.1) is 6.54 Å². The maximum absolute atomic E-state index is 12.7. The number of nitrogens with one attached hydrogen (secondary N) is 1. The number of carbonyl (C=O) groups excluding carboxylic acids is 1. The van der Waals surface area contributed by atoms with Gasteiger partial charge in [0.2, 0.25) is 0 Å². The van der Waals surface area contributed by atoms with Crippen LogP contribution in [0.15, 0.2) is 24.3 Å². The first-order valence-corrected chi connectivity index (χ1v) is 5.35. The lowest BCUT2D eigenvalue weighted by molar-refractivity contribution is -0.0462. The molecule has 0 saturated heterocycles. The van der Waals surface area contributed by atoms with E-state index in [0.717, 1.165) is 5.56 Å². The quantitative estimate of drug-likeness (QED) is 0.825. The van der Waals surface area contributed by atoms with Crippen LogP contribution in [0.5, 0.6) is 0 Å². The number of aliphatic hydroxyl groups is 1. The molecule has 0 saturated carbocycles. The highest BCUT2D eigenvalue weighted by Gasteiger charge is 2.28. The minimum Gasteiger partial charge on any atom is -0.390 e. The number of hydrogen-bond donors (Lipinski definition) is 2. The van der Waals surface area contributed by atoms with Gasteiger partial charge >= 0.3 is 0 Å². The summed E-state index contributed by atoms with van der Waals surface area (Å²) < 4.78 is 25.5. The third kappa shape index (κ3) is 3.78. The third-order valence-electron chi connectivity index (χ3n) is 2.38. The average Bonchev–Trinajstić information content (AvgIpc) is 2.36. The molecule has 5 heteroatoms. The molecule has 0 aliphatic carbocycles. The third-order valence-corrected chi connectivity index (χ3v) is 2.38. The monoisotopic (exact) mass is 243 g/mol. The van der Waals surface area contributed by atoms with E-state index in [9.17, 15) is 13.6 Å². The molecule has 1 aromatic rings. The molecule has 0 atom stereocenters. The van der Waals surface area contributed by atoms with Crippen molar-refractivity contribution < 1.29 is 18.7 Å². The number of alkyl halides is 2. The normalized spacial score (nSPS) is 11.3. The van der Waals surface area contributed by atoms with E-state index in [4.69, 9.17) is 5.11 Å². The number of aliphatic hydroxyl groups excluding tert-OH is 1. The number of carbonyl (C=O) groups is 1. The van der Waals surface area contributed by atoms with Crippen LogP contribution >= 0.6 is 0 Å². The van der Waals surface area contributed by atoms with E-state index in [-0.39, 0.29) is 0 Å². The minimum atomic E-state index is -3.28. The van der Waals surface area contributed by atoms with Crippen LogP contribution in [0.3, 0.4) is 0 Å². The van der Waals surface area contributed by atoms with Gasteiger partial charge in [0.25, 0.3) is 11.8 Å². The summed E-state index contributed by atoms with van der Waals surface area (Å²) >= 11 is 0. The van der Waals surface area contributed by atoms with E-state index < -0.39 is 25.0 Å². The molecule has 0 fully saturated rings. The van der Waals surface area contributed by atoms with Gasteiger partial charge in [-0.1, -0.05) is 25.1 Å². The topological polar surface area (TPSA) is 49.3 Å². The van der Waals surface area contributed by atoms with Gasteiger partial charge in [-0.25, -0.2) is 8.78 Å². The van der Waals surface area contributed by atoms with Crippen molar-refractivity contribution in [3.05, 3.63) is 35.4 Å². The molecule has 1 amide bonds. The Hall–Kier alpha value is -1.49. The summed E-state index contributed by atoms with van der Waals surface area (Å²) in [5, 5.41) is 10.5. The zero-order valence-electron chi connectivity index (χ0n) is 9.54. The summed E-state index contributed by atoms with van der Waals surface area (Å²) in [6.07, 6.45) is 0.653. The number of rotatable bonds is 5. The molecule has 94 valence electrons. The summed E-state index contributed by atoms with van der Waals surface area (Å²) in [4.78, 5) is 11.7. The van der Waals surface area contributed by atoms with Gasteiger partial charge in [-0.2, -0.15) is 0 Å². The Kier molecular flexibility index (Phi) is 4.57. The SMILES string of the molecule is CCc1ccccc1C(=O)NCC(F)(F)CO. The van der Waals surface area contributed by atoms with E-state index >= 15 is 0 Å². The fourth-order valence-electron chi connectivity index (χ4n) is 1.41. The second-order valence-electron chi connectivity index (χ2n) is 3.71. The molecule has 2 N–H and O–H groups in total. The van der Waals surface area contributed by atoms with Crippen LogP contribution in [0.1, 0.15) is 22.8 Å². The van der Waals surface area contributed by atoms with E-state index in [1.54, 1.807) is 24.3 Å². The second-order valence-corrected chi connectivity index (χ2v) is 3.71. The van der Waals surface area contributed by atoms with Crippen LogP contribution in [0.4, 0.5) is 8.78 Å². The average molecular weight is 243 g/mol. The summed E-state index contributed by atoms with van der Waals surface area (Å²) in [6.45, 7) is -0.252. The Balaban J connectivity index is 2.70. The van der Waals surface area contributed by atoms with Gasteiger partial charge in [-0.15, -0.1) is 0 Å². The van der Waals surface area contributed by atoms with Crippen LogP contribution in [0.2, 0.25) is 0 Å². The van der Waals surface area contributed by atoms with E-state index in [2.05, 4.69) is 5.32 Å². The van der Waals surface area contributed by atoms with Gasteiger partial charge < -0.3 is 10.4 Å². The fourth-order valence-corrected chi connectivity index (χ4v) is 1.41. The maximum Gasteiger partial charge on any atom is 0.287 e. The van der Waals surface area contributed by atoms with Crippen LogP contribution < -0.4 is 5.32 Å². The highest BCUT2D eigenvalue weighted by Crippen LogP contribution is 2.12. The molecule has 1 aromatic carbocycles. The van der Waals surface area contributed by atoms with E-state index in [1.807, 2.05) is 6.92 Å². The molecule has 0 bridgehead atoms. The Morgan fingerprint density at radius 1 is 1.41 bits per heavy atom. The van der Waals surface area contributed by atoms with Gasteiger partial charge in [-0.3, -0.25) is 4.79 Å². The van der Waals surface area contributed by atoms with Crippen molar-refractivity contribution in [3.63, 3.8) is 0 Å². The summed E-state index contributed by atoms with van der Waals surface area (Å²) in [5.41, 5.74) is 1.20. The van der Waals surface area contributed by atoms with E-state index in [0.29, 0.717) is 12.0 Å². The largest absolute Gasteiger partial charge is 0.390 e. The van der Waals surface area contributed by atoms with E-state index in [1.165, 1.54) is 0 Å². The molecular formula is C12H15F2NO2. The van der Waals surface area contributed by atoms with Crippen LogP contribution in [-0.4, -0.2) is 30.1 Å². The van der Waals surface area contributed by atoms with Crippen LogP contribution in [-0.2, 0) is 6.42 Å². The second kappa shape index (κ2) is 5.72. The first kappa shape index (κ1) is 13.6. The van der Waals surface area contributed by atoms with Crippen molar-refractivity contribution >= 4 is 5.91 Å². The fraction of sp³-hybridized carbons (Fsp3) is 0.417. The Bertz CT molecular complexity index is 394. The molecule has 0 aliphatic heterocycles. The standard InChI is InChI=1S/C12H15F2NO2/c1-2-9-5-3-4-6-10(9)11(17)15-7-12(13,14)8-16/h3-6,16H,2,7-8H2,1H3,(H,15,17). The van der Waals surface area contributed by atoms with Gasteiger partial charge in [-0.05, 0) is 18.1 Å². The van der Waals surface area contributed by atoms with Crippen molar-refractivity contribution in [1.29, 1.82) is 0 Å². The molecule has 1 rings (SSSR count). The lowest BCUT2D eigenvalue weighted by Crippen LogP contribution is -2.39. The molecule has 17 heavy (non-hydrogen) atoms. The van der Waals surface area contributed by atoms with Crippen LogP contribution in [0, 0.1) is 0 Å². The molecule has 3 nitrogen and oxygen atoms in total. The highest BCUT2D eigenvalue weighted by molar-refractivity contribution is 5.95. The van der Waals surface area contributed by atoms with Crippen molar-refractivity contribution in [2.75, 3.05) is 13.2 Å². The summed E-state index contributed by atoms with van der Waals surface area (Å²) in [6, 6.07) is 6.83. The Labute approximate surface area is 98.5 Å². The van der Waals surface area contributed by atoms with Gasteiger partial charge in [0.1, 0.15) is 6.61 Å². The summed E-state index contributed by atoms with van der Waals surface area (Å²) in [5.74, 6) is -3.83. The first-order chi connectivity index (χ1) is 8.00. The van der Waals surface area contributed by atoms with Crippen molar-refractivity contribution in [2.45, 2.75) is 19.3 Å². The van der Waals surface area contributed by atoms with Crippen molar-refractivity contribution in [3.8, 4) is 0 Å². The van der Waals surface area contributed by atoms with Gasteiger partial charge in [0.15, 0.2) is 0 Å². The van der Waals surface area contributed by atoms with Crippen LogP contribution in [0.25, 0.3) is 0 Å². The maximum atomic E-state index is 12.7. The summed E-state index contributed by atoms with van der Waals surface area (Å²) in [7, 11) is 0. The smallest absolute Gasteiger partial charge is 0.287 e. The zero-order chi connectivity index (χ0) is 12.9. The number of hydrogen-bond acceptors (Lipinski definition) is 2. The lowest BCUT2D eigenvalue weighted by Gasteiger charge is -2.14.